The number of benzene rings is 3. The van der Waals surface area contributed by atoms with Crippen molar-refractivity contribution in [1.29, 1.82) is 0 Å². The van der Waals surface area contributed by atoms with Crippen molar-refractivity contribution < 1.29 is 23.9 Å². The molecule has 9 heteroatoms. The van der Waals surface area contributed by atoms with E-state index in [1.54, 1.807) is 19.2 Å². The summed E-state index contributed by atoms with van der Waals surface area (Å²) >= 11 is 0. The third-order valence-electron chi connectivity index (χ3n) is 6.82. The summed E-state index contributed by atoms with van der Waals surface area (Å²) in [6.07, 6.45) is 1.95. The molecule has 3 N–H and O–H groups in total. The maximum Gasteiger partial charge on any atom is 0.328 e. The predicted molar refractivity (Wildman–Crippen MR) is 137 cm³/mol. The summed E-state index contributed by atoms with van der Waals surface area (Å²) < 4.78 is 4.89. The normalized spacial score (nSPS) is 18.2. The molecule has 1 unspecified atom stereocenters. The van der Waals surface area contributed by atoms with Gasteiger partial charge in [-0.1, -0.05) is 54.6 Å². The second kappa shape index (κ2) is 9.42. The van der Waals surface area contributed by atoms with Crippen LogP contribution in [0, 0.1) is 0 Å². The van der Waals surface area contributed by atoms with Gasteiger partial charge in [0.1, 0.15) is 18.1 Å². The third kappa shape index (κ3) is 4.40. The highest BCUT2D eigenvalue weighted by Crippen LogP contribution is 2.31. The van der Waals surface area contributed by atoms with Crippen molar-refractivity contribution in [2.24, 2.45) is 0 Å². The number of hydrogen-bond donors (Lipinski definition) is 3. The molecule has 0 aliphatic carbocycles. The zero-order valence-corrected chi connectivity index (χ0v) is 20.4. The summed E-state index contributed by atoms with van der Waals surface area (Å²) in [7, 11) is 1.24. The van der Waals surface area contributed by atoms with E-state index in [1.165, 1.54) is 7.11 Å². The smallest absolute Gasteiger partial charge is 0.328 e. The number of para-hydroxylation sites is 1. The third-order valence-corrected chi connectivity index (χ3v) is 6.82. The number of aromatic nitrogens is 1. The summed E-state index contributed by atoms with van der Waals surface area (Å²) in [6.45, 7) is 1.08. The largest absolute Gasteiger partial charge is 0.467 e. The lowest BCUT2D eigenvalue weighted by Crippen LogP contribution is -2.48. The quantitative estimate of drug-likeness (QED) is 0.267. The molecule has 37 heavy (non-hydrogen) atoms. The lowest BCUT2D eigenvalue weighted by molar-refractivity contribution is -0.145. The number of carbonyl (C=O) groups excluding carboxylic acids is 4. The van der Waals surface area contributed by atoms with Crippen LogP contribution in [0.15, 0.2) is 72.9 Å². The Labute approximate surface area is 212 Å². The summed E-state index contributed by atoms with van der Waals surface area (Å²) in [5.74, 6) is -1.83. The first-order valence-corrected chi connectivity index (χ1v) is 11.9. The zero-order valence-electron chi connectivity index (χ0n) is 20.4. The number of nitrogens with one attached hydrogen (secondary N) is 3. The minimum Gasteiger partial charge on any atom is -0.467 e. The van der Waals surface area contributed by atoms with Gasteiger partial charge >= 0.3 is 12.0 Å². The van der Waals surface area contributed by atoms with E-state index in [9.17, 15) is 19.2 Å². The highest BCUT2D eigenvalue weighted by Gasteiger charge is 2.49. The molecule has 4 aromatic rings. The van der Waals surface area contributed by atoms with E-state index in [-0.39, 0.29) is 6.42 Å². The SMILES string of the molecule is COC(=O)[C@@H](Cc1c[nH]c2ccccc12)NC(=O)CN1C(=O)NC(C)(c2ccc3ccccc3c2)C1=O. The number of amides is 4. The van der Waals surface area contributed by atoms with Gasteiger partial charge in [-0.25, -0.2) is 9.59 Å². The number of rotatable bonds is 7. The first kappa shape index (κ1) is 24.1. The van der Waals surface area contributed by atoms with Crippen LogP contribution >= 0.6 is 0 Å². The van der Waals surface area contributed by atoms with E-state index in [1.807, 2.05) is 60.7 Å². The second-order valence-electron chi connectivity index (χ2n) is 9.22. The van der Waals surface area contributed by atoms with Crippen LogP contribution in [0.25, 0.3) is 21.7 Å². The Morgan fingerprint density at radius 3 is 2.54 bits per heavy atom. The molecule has 0 spiro atoms. The highest BCUT2D eigenvalue weighted by molar-refractivity contribution is 6.09. The Morgan fingerprint density at radius 1 is 1.03 bits per heavy atom. The van der Waals surface area contributed by atoms with E-state index in [2.05, 4.69) is 15.6 Å². The first-order chi connectivity index (χ1) is 17.8. The van der Waals surface area contributed by atoms with Crippen molar-refractivity contribution in [2.45, 2.75) is 24.9 Å². The van der Waals surface area contributed by atoms with E-state index < -0.39 is 41.9 Å². The van der Waals surface area contributed by atoms with Crippen LogP contribution in [0.5, 0.6) is 0 Å². The van der Waals surface area contributed by atoms with Gasteiger partial charge in [0.25, 0.3) is 5.91 Å². The molecule has 188 valence electrons. The van der Waals surface area contributed by atoms with E-state index >= 15 is 0 Å². The van der Waals surface area contributed by atoms with Crippen molar-refractivity contribution in [2.75, 3.05) is 13.7 Å². The molecule has 5 rings (SSSR count). The average Bonchev–Trinajstić information content (AvgIpc) is 3.41. The molecule has 0 bridgehead atoms. The number of methoxy groups -OCH3 is 1. The van der Waals surface area contributed by atoms with Gasteiger partial charge in [0, 0.05) is 23.5 Å². The van der Waals surface area contributed by atoms with Crippen LogP contribution in [-0.2, 0) is 31.1 Å². The number of ether oxygens (including phenoxy) is 1. The van der Waals surface area contributed by atoms with Gasteiger partial charge in [0.05, 0.1) is 7.11 Å². The van der Waals surface area contributed by atoms with E-state index in [0.717, 1.165) is 32.1 Å². The van der Waals surface area contributed by atoms with Crippen molar-refractivity contribution in [3.63, 3.8) is 0 Å². The Balaban J connectivity index is 1.32. The van der Waals surface area contributed by atoms with Crippen molar-refractivity contribution in [1.82, 2.24) is 20.5 Å². The minimum absolute atomic E-state index is 0.178. The number of fused-ring (bicyclic) bond motifs is 2. The monoisotopic (exact) mass is 498 g/mol. The molecule has 1 aliphatic heterocycles. The standard InChI is InChI=1S/C28H26N4O5/c1-28(20-12-11-17-7-3-4-8-18(17)13-20)26(35)32(27(36)31-28)16-24(33)30-23(25(34)37-2)14-19-15-29-22-10-6-5-9-21(19)22/h3-13,15,23,29H,14,16H2,1-2H3,(H,30,33)(H,31,36)/t23-,28?/m1/s1. The number of carbonyl (C=O) groups is 4. The Bertz CT molecular complexity index is 1540. The fourth-order valence-electron chi connectivity index (χ4n) is 4.78. The predicted octanol–water partition coefficient (Wildman–Crippen LogP) is 2.99. The number of hydrogen-bond acceptors (Lipinski definition) is 5. The van der Waals surface area contributed by atoms with Crippen LogP contribution < -0.4 is 10.6 Å². The van der Waals surface area contributed by atoms with Gasteiger partial charge in [-0.05, 0) is 41.0 Å². The number of nitrogens with zero attached hydrogens (tertiary/aromatic N) is 1. The Hall–Kier alpha value is -4.66. The van der Waals surface area contributed by atoms with Crippen LogP contribution in [0.3, 0.4) is 0 Å². The zero-order chi connectivity index (χ0) is 26.2. The van der Waals surface area contributed by atoms with Gasteiger partial charge in [0.2, 0.25) is 5.91 Å². The molecule has 1 fully saturated rings. The summed E-state index contributed by atoms with van der Waals surface area (Å²) in [5, 5.41) is 8.21. The topological polar surface area (TPSA) is 121 Å². The summed E-state index contributed by atoms with van der Waals surface area (Å²) in [6, 6.07) is 19.2. The van der Waals surface area contributed by atoms with Gasteiger partial charge in [-0.3, -0.25) is 14.5 Å². The lowest BCUT2D eigenvalue weighted by Gasteiger charge is -2.23. The number of imide groups is 1. The maximum absolute atomic E-state index is 13.4. The molecule has 0 radical (unpaired) electrons. The molecular weight excluding hydrogens is 472 g/mol. The van der Waals surface area contributed by atoms with Crippen LogP contribution in [0.1, 0.15) is 18.1 Å². The minimum atomic E-state index is -1.33. The molecule has 1 aromatic heterocycles. The second-order valence-corrected chi connectivity index (χ2v) is 9.22. The van der Waals surface area contributed by atoms with Crippen LogP contribution in [0.2, 0.25) is 0 Å². The molecule has 1 aliphatic rings. The summed E-state index contributed by atoms with van der Waals surface area (Å²) in [5.41, 5.74) is 1.01. The van der Waals surface area contributed by atoms with Crippen LogP contribution in [0.4, 0.5) is 4.79 Å². The van der Waals surface area contributed by atoms with E-state index in [4.69, 9.17) is 4.74 Å². The first-order valence-electron chi connectivity index (χ1n) is 11.9. The summed E-state index contributed by atoms with van der Waals surface area (Å²) in [4.78, 5) is 55.5. The Kier molecular flexibility index (Phi) is 6.12. The molecule has 4 amide bonds. The van der Waals surface area contributed by atoms with Crippen molar-refractivity contribution in [3.05, 3.63) is 84.1 Å². The fourth-order valence-corrected chi connectivity index (χ4v) is 4.78. The van der Waals surface area contributed by atoms with Gasteiger partial charge in [0.15, 0.2) is 0 Å². The highest BCUT2D eigenvalue weighted by atomic mass is 16.5. The number of urea groups is 1. The molecular formula is C28H26N4O5. The molecule has 2 heterocycles. The fraction of sp³-hybridized carbons (Fsp3) is 0.214. The average molecular weight is 499 g/mol. The van der Waals surface area contributed by atoms with E-state index in [0.29, 0.717) is 5.56 Å². The Morgan fingerprint density at radius 2 is 1.76 bits per heavy atom. The van der Waals surface area contributed by atoms with Crippen LogP contribution in [-0.4, -0.2) is 53.4 Å². The number of H-pyrrole nitrogens is 1. The molecule has 3 aromatic carbocycles. The maximum atomic E-state index is 13.4. The number of aromatic amines is 1. The van der Waals surface area contributed by atoms with Gasteiger partial charge < -0.3 is 20.4 Å². The molecule has 0 saturated carbocycles. The van der Waals surface area contributed by atoms with Crippen molar-refractivity contribution >= 4 is 45.5 Å². The van der Waals surface area contributed by atoms with Crippen molar-refractivity contribution in [3.8, 4) is 0 Å². The van der Waals surface area contributed by atoms with Gasteiger partial charge in [-0.15, -0.1) is 0 Å². The molecule has 1 saturated heterocycles. The van der Waals surface area contributed by atoms with Gasteiger partial charge in [-0.2, -0.15) is 0 Å². The molecule has 9 nitrogen and oxygen atoms in total. The molecule has 2 atom stereocenters. The lowest BCUT2D eigenvalue weighted by atomic mass is 9.90. The number of esters is 1.